The maximum Gasteiger partial charge on any atom is 0.329 e. The van der Waals surface area contributed by atoms with Gasteiger partial charge in [-0.1, -0.05) is 6.07 Å². The predicted octanol–water partition coefficient (Wildman–Crippen LogP) is 0.813. The smallest absolute Gasteiger partial charge is 0.329 e. The third-order valence-corrected chi connectivity index (χ3v) is 5.11. The Hall–Kier alpha value is -3.26. The molecule has 2 saturated heterocycles. The number of imide groups is 1. The van der Waals surface area contributed by atoms with Crippen LogP contribution >= 0.6 is 0 Å². The van der Waals surface area contributed by atoms with Gasteiger partial charge in [0, 0.05) is 42.1 Å². The number of aliphatic hydroxyl groups excluding tert-OH is 1. The highest BCUT2D eigenvalue weighted by Crippen LogP contribution is 2.24. The van der Waals surface area contributed by atoms with E-state index in [-0.39, 0.29) is 30.8 Å². The number of hydrogen-bond acceptors (Lipinski definition) is 5. The van der Waals surface area contributed by atoms with E-state index >= 15 is 0 Å². The average molecular weight is 380 g/mol. The summed E-state index contributed by atoms with van der Waals surface area (Å²) in [7, 11) is 0. The van der Waals surface area contributed by atoms with Crippen LogP contribution in [0.15, 0.2) is 48.7 Å². The van der Waals surface area contributed by atoms with Crippen molar-refractivity contribution in [2.45, 2.75) is 12.5 Å². The minimum atomic E-state index is -0.593. The van der Waals surface area contributed by atoms with Crippen LogP contribution < -0.4 is 10.2 Å². The lowest BCUT2D eigenvalue weighted by Crippen LogP contribution is -2.30. The van der Waals surface area contributed by atoms with Crippen LogP contribution in [0.5, 0.6) is 0 Å². The van der Waals surface area contributed by atoms with Crippen molar-refractivity contribution >= 4 is 23.5 Å². The third kappa shape index (κ3) is 3.59. The molecule has 3 heterocycles. The van der Waals surface area contributed by atoms with Gasteiger partial charge in [-0.25, -0.2) is 4.79 Å². The van der Waals surface area contributed by atoms with Gasteiger partial charge in [0.25, 0.3) is 5.91 Å². The quantitative estimate of drug-likeness (QED) is 0.765. The molecule has 8 nitrogen and oxygen atoms in total. The van der Waals surface area contributed by atoms with E-state index in [2.05, 4.69) is 10.3 Å². The highest BCUT2D eigenvalue weighted by Gasteiger charge is 2.35. The lowest BCUT2D eigenvalue weighted by atomic mass is 10.00. The van der Waals surface area contributed by atoms with Gasteiger partial charge < -0.3 is 10.0 Å². The molecule has 2 aliphatic heterocycles. The summed E-state index contributed by atoms with van der Waals surface area (Å²) in [6.07, 6.45) is 1.74. The summed E-state index contributed by atoms with van der Waals surface area (Å²) in [5, 5.41) is 12.6. The first kappa shape index (κ1) is 18.1. The van der Waals surface area contributed by atoms with E-state index in [0.717, 1.165) is 5.69 Å². The third-order valence-electron chi connectivity index (χ3n) is 5.11. The summed E-state index contributed by atoms with van der Waals surface area (Å²) in [5.41, 5.74) is 1.92. The number of likely N-dealkylation sites (tertiary alicyclic amines) is 1. The zero-order chi connectivity index (χ0) is 19.7. The van der Waals surface area contributed by atoms with Gasteiger partial charge in [0.05, 0.1) is 6.10 Å². The van der Waals surface area contributed by atoms with E-state index < -0.39 is 12.1 Å². The van der Waals surface area contributed by atoms with Crippen LogP contribution in [0.2, 0.25) is 0 Å². The molecular weight excluding hydrogens is 360 g/mol. The van der Waals surface area contributed by atoms with Crippen LogP contribution in [-0.4, -0.2) is 58.6 Å². The molecule has 0 spiro atoms. The van der Waals surface area contributed by atoms with E-state index in [1.165, 1.54) is 4.90 Å². The summed E-state index contributed by atoms with van der Waals surface area (Å²) >= 11 is 0. The molecule has 2 N–H and O–H groups in total. The molecule has 0 saturated carbocycles. The van der Waals surface area contributed by atoms with E-state index in [0.29, 0.717) is 24.2 Å². The zero-order valence-electron chi connectivity index (χ0n) is 15.1. The fraction of sp³-hybridized carbons (Fsp3) is 0.300. The zero-order valence-corrected chi connectivity index (χ0v) is 15.1. The molecule has 4 amide bonds. The van der Waals surface area contributed by atoms with Gasteiger partial charge in [0.1, 0.15) is 6.54 Å². The Bertz CT molecular complexity index is 900. The standard InChI is InChI=1S/C20H20N4O4/c25-17-11-23(10-14(17)9-15-3-1-2-8-21-15)19(27)13-4-6-16(7-5-13)24-12-18(26)22-20(24)28/h1-8,14,17,25H,9-12H2,(H,22,26,28)/t14-,17-/m1/s1. The molecule has 0 aliphatic carbocycles. The number of nitrogens with zero attached hydrogens (tertiary/aromatic N) is 3. The van der Waals surface area contributed by atoms with Crippen molar-refractivity contribution < 1.29 is 19.5 Å². The lowest BCUT2D eigenvalue weighted by molar-refractivity contribution is -0.117. The SMILES string of the molecule is O=C1CN(c2ccc(C(=O)N3C[C@@H](Cc4ccccn4)[C@H](O)C3)cc2)C(=O)N1. The van der Waals surface area contributed by atoms with Crippen LogP contribution in [0.3, 0.4) is 0 Å². The number of hydrogen-bond donors (Lipinski definition) is 2. The first-order valence-electron chi connectivity index (χ1n) is 9.10. The normalized spacial score (nSPS) is 21.9. The largest absolute Gasteiger partial charge is 0.391 e. The summed E-state index contributed by atoms with van der Waals surface area (Å²) < 4.78 is 0. The number of nitrogens with one attached hydrogen (secondary N) is 1. The maximum atomic E-state index is 12.8. The fourth-order valence-corrected chi connectivity index (χ4v) is 3.62. The Kier molecular flexibility index (Phi) is 4.79. The molecule has 0 bridgehead atoms. The number of rotatable bonds is 4. The Balaban J connectivity index is 1.42. The molecule has 0 radical (unpaired) electrons. The number of urea groups is 1. The Morgan fingerprint density at radius 2 is 1.93 bits per heavy atom. The number of anilines is 1. The van der Waals surface area contributed by atoms with E-state index in [1.807, 2.05) is 18.2 Å². The topological polar surface area (TPSA) is 103 Å². The van der Waals surface area contributed by atoms with Crippen LogP contribution in [0.25, 0.3) is 0 Å². The van der Waals surface area contributed by atoms with Gasteiger partial charge in [-0.3, -0.25) is 24.8 Å². The molecule has 1 aromatic carbocycles. The monoisotopic (exact) mass is 380 g/mol. The second-order valence-corrected chi connectivity index (χ2v) is 7.05. The molecule has 144 valence electrons. The Morgan fingerprint density at radius 1 is 1.14 bits per heavy atom. The lowest BCUT2D eigenvalue weighted by Gasteiger charge is -2.17. The fourth-order valence-electron chi connectivity index (χ4n) is 3.62. The summed E-state index contributed by atoms with van der Waals surface area (Å²) in [5.74, 6) is -0.580. The molecule has 4 rings (SSSR count). The van der Waals surface area contributed by atoms with Crippen molar-refractivity contribution in [2.75, 3.05) is 24.5 Å². The van der Waals surface area contributed by atoms with Gasteiger partial charge in [-0.2, -0.15) is 0 Å². The second kappa shape index (κ2) is 7.40. The average Bonchev–Trinajstić information content (AvgIpc) is 3.23. The predicted molar refractivity (Wildman–Crippen MR) is 101 cm³/mol. The van der Waals surface area contributed by atoms with Gasteiger partial charge >= 0.3 is 6.03 Å². The van der Waals surface area contributed by atoms with E-state index in [1.54, 1.807) is 35.4 Å². The molecule has 2 aliphatic rings. The van der Waals surface area contributed by atoms with Crippen molar-refractivity contribution in [3.05, 3.63) is 59.9 Å². The van der Waals surface area contributed by atoms with Gasteiger partial charge in [0.2, 0.25) is 5.91 Å². The summed E-state index contributed by atoms with van der Waals surface area (Å²) in [4.78, 5) is 43.1. The van der Waals surface area contributed by atoms with Crippen LogP contribution in [0.1, 0.15) is 16.1 Å². The minimum Gasteiger partial charge on any atom is -0.391 e. The molecule has 2 fully saturated rings. The number of aromatic nitrogens is 1. The van der Waals surface area contributed by atoms with Gasteiger partial charge in [-0.15, -0.1) is 0 Å². The number of amides is 4. The van der Waals surface area contributed by atoms with Crippen LogP contribution in [0, 0.1) is 5.92 Å². The molecule has 0 unspecified atom stereocenters. The number of pyridine rings is 1. The molecule has 1 aromatic heterocycles. The van der Waals surface area contributed by atoms with E-state index in [4.69, 9.17) is 0 Å². The first-order valence-corrected chi connectivity index (χ1v) is 9.10. The number of benzene rings is 1. The van der Waals surface area contributed by atoms with Crippen molar-refractivity contribution in [1.82, 2.24) is 15.2 Å². The Morgan fingerprint density at radius 3 is 2.57 bits per heavy atom. The first-order chi connectivity index (χ1) is 13.5. The maximum absolute atomic E-state index is 12.8. The van der Waals surface area contributed by atoms with Crippen molar-refractivity contribution in [2.24, 2.45) is 5.92 Å². The highest BCUT2D eigenvalue weighted by atomic mass is 16.3. The van der Waals surface area contributed by atoms with E-state index in [9.17, 15) is 19.5 Å². The summed E-state index contributed by atoms with van der Waals surface area (Å²) in [6.45, 7) is 0.710. The van der Waals surface area contributed by atoms with Crippen LogP contribution in [0.4, 0.5) is 10.5 Å². The number of β-amino-alcohol motifs (C(OH)–C–C–N with tert-alkyl or cyclic N) is 1. The summed E-state index contributed by atoms with van der Waals surface area (Å²) in [6, 6.07) is 11.7. The molecule has 8 heteroatoms. The second-order valence-electron chi connectivity index (χ2n) is 7.05. The molecule has 28 heavy (non-hydrogen) atoms. The number of aliphatic hydroxyl groups is 1. The molecule has 2 aromatic rings. The van der Waals surface area contributed by atoms with Gasteiger partial charge in [-0.05, 0) is 42.8 Å². The number of carbonyl (C=O) groups is 3. The highest BCUT2D eigenvalue weighted by molar-refractivity contribution is 6.12. The molecular formula is C20H20N4O4. The number of carbonyl (C=O) groups excluding carboxylic acids is 3. The van der Waals surface area contributed by atoms with Crippen LogP contribution in [-0.2, 0) is 11.2 Å². The minimum absolute atomic E-state index is 0.0281. The van der Waals surface area contributed by atoms with Crippen molar-refractivity contribution in [3.8, 4) is 0 Å². The van der Waals surface area contributed by atoms with Gasteiger partial charge in [0.15, 0.2) is 0 Å². The molecule has 2 atom stereocenters. The van der Waals surface area contributed by atoms with Crippen molar-refractivity contribution in [1.29, 1.82) is 0 Å². The Labute approximate surface area is 161 Å². The van der Waals surface area contributed by atoms with Crippen molar-refractivity contribution in [3.63, 3.8) is 0 Å².